The van der Waals surface area contributed by atoms with Crippen molar-refractivity contribution in [3.8, 4) is 0 Å². The molecule has 5 nitrogen and oxygen atoms in total. The van der Waals surface area contributed by atoms with Gasteiger partial charge in [0, 0.05) is 6.04 Å². The van der Waals surface area contributed by atoms with Crippen LogP contribution in [-0.4, -0.2) is 29.6 Å². The van der Waals surface area contributed by atoms with Crippen LogP contribution >= 0.6 is 11.6 Å². The molecular formula is C12H12ClF3N2O3. The average Bonchev–Trinajstić information content (AvgIpc) is 2.39. The van der Waals surface area contributed by atoms with Gasteiger partial charge < -0.3 is 15.7 Å². The number of amides is 2. The average molecular weight is 325 g/mol. The van der Waals surface area contributed by atoms with Gasteiger partial charge in [0.25, 0.3) is 0 Å². The minimum Gasteiger partial charge on any atom is -0.394 e. The molecule has 0 aliphatic heterocycles. The Morgan fingerprint density at radius 1 is 1.33 bits per heavy atom. The minimum atomic E-state index is -4.56. The van der Waals surface area contributed by atoms with Crippen LogP contribution in [0.2, 0.25) is 5.02 Å². The molecule has 0 saturated carbocycles. The maximum Gasteiger partial charge on any atom is 0.416 e. The zero-order valence-corrected chi connectivity index (χ0v) is 11.5. The van der Waals surface area contributed by atoms with E-state index in [0.717, 1.165) is 12.1 Å². The molecule has 2 amide bonds. The highest BCUT2D eigenvalue weighted by Gasteiger charge is 2.31. The molecule has 3 N–H and O–H groups in total. The number of carbonyl (C=O) groups is 2. The molecule has 1 atom stereocenters. The van der Waals surface area contributed by atoms with E-state index in [9.17, 15) is 22.8 Å². The van der Waals surface area contributed by atoms with Crippen molar-refractivity contribution < 1.29 is 27.9 Å². The lowest BCUT2D eigenvalue weighted by atomic mass is 10.2. The van der Waals surface area contributed by atoms with E-state index in [2.05, 4.69) is 10.6 Å². The molecule has 9 heteroatoms. The predicted molar refractivity (Wildman–Crippen MR) is 69.8 cm³/mol. The lowest BCUT2D eigenvalue weighted by molar-refractivity contribution is -0.137. The van der Waals surface area contributed by atoms with Crippen LogP contribution in [0.15, 0.2) is 18.2 Å². The number of rotatable bonds is 3. The zero-order chi connectivity index (χ0) is 16.2. The zero-order valence-electron chi connectivity index (χ0n) is 10.8. The fraction of sp³-hybridized carbons (Fsp3) is 0.333. The molecule has 116 valence electrons. The highest BCUT2D eigenvalue weighted by molar-refractivity contribution is 6.41. The summed E-state index contributed by atoms with van der Waals surface area (Å²) in [6.45, 7) is 1.11. The second kappa shape index (κ2) is 6.77. The first-order chi connectivity index (χ1) is 9.65. The summed E-state index contributed by atoms with van der Waals surface area (Å²) in [6, 6.07) is 1.69. The molecule has 0 heterocycles. The molecule has 0 aliphatic carbocycles. The van der Waals surface area contributed by atoms with E-state index in [0.29, 0.717) is 6.07 Å². The summed E-state index contributed by atoms with van der Waals surface area (Å²) in [5.74, 6) is -2.13. The second-order valence-corrected chi connectivity index (χ2v) is 4.61. The summed E-state index contributed by atoms with van der Waals surface area (Å²) >= 11 is 5.63. The normalized spacial score (nSPS) is 12.7. The van der Waals surface area contributed by atoms with Crippen molar-refractivity contribution in [2.24, 2.45) is 0 Å². The lowest BCUT2D eigenvalue weighted by Crippen LogP contribution is -2.42. The van der Waals surface area contributed by atoms with Gasteiger partial charge in [0.05, 0.1) is 22.9 Å². The topological polar surface area (TPSA) is 78.4 Å². The summed E-state index contributed by atoms with van der Waals surface area (Å²) in [4.78, 5) is 22.9. The van der Waals surface area contributed by atoms with Crippen LogP contribution in [-0.2, 0) is 15.8 Å². The van der Waals surface area contributed by atoms with E-state index in [1.165, 1.54) is 6.92 Å². The number of alkyl halides is 3. The van der Waals surface area contributed by atoms with Crippen molar-refractivity contribution in [1.29, 1.82) is 0 Å². The Morgan fingerprint density at radius 3 is 2.43 bits per heavy atom. The van der Waals surface area contributed by atoms with Crippen LogP contribution < -0.4 is 10.6 Å². The number of nitrogens with one attached hydrogen (secondary N) is 2. The van der Waals surface area contributed by atoms with Gasteiger partial charge in [0.1, 0.15) is 0 Å². The Kier molecular flexibility index (Phi) is 5.56. The maximum absolute atomic E-state index is 12.4. The van der Waals surface area contributed by atoms with Crippen molar-refractivity contribution in [2.75, 3.05) is 11.9 Å². The highest BCUT2D eigenvalue weighted by Crippen LogP contribution is 2.33. The van der Waals surface area contributed by atoms with Crippen LogP contribution in [0.1, 0.15) is 12.5 Å². The number of anilines is 1. The number of benzene rings is 1. The van der Waals surface area contributed by atoms with Crippen LogP contribution in [0, 0.1) is 0 Å². The summed E-state index contributed by atoms with van der Waals surface area (Å²) < 4.78 is 37.3. The van der Waals surface area contributed by atoms with Crippen molar-refractivity contribution in [2.45, 2.75) is 19.1 Å². The molecule has 0 fully saturated rings. The van der Waals surface area contributed by atoms with Crippen molar-refractivity contribution in [1.82, 2.24) is 5.32 Å². The monoisotopic (exact) mass is 324 g/mol. The van der Waals surface area contributed by atoms with E-state index in [4.69, 9.17) is 16.7 Å². The molecule has 1 rings (SSSR count). The Balaban J connectivity index is 2.80. The first-order valence-electron chi connectivity index (χ1n) is 5.74. The number of hydrogen-bond acceptors (Lipinski definition) is 3. The first-order valence-corrected chi connectivity index (χ1v) is 6.12. The van der Waals surface area contributed by atoms with Crippen LogP contribution in [0.3, 0.4) is 0 Å². The molecule has 0 aromatic heterocycles. The van der Waals surface area contributed by atoms with E-state index in [1.54, 1.807) is 0 Å². The predicted octanol–water partition coefficient (Wildman–Crippen LogP) is 1.79. The van der Waals surface area contributed by atoms with Gasteiger partial charge in [-0.3, -0.25) is 9.59 Å². The number of halogens is 4. The fourth-order valence-corrected chi connectivity index (χ4v) is 1.53. The third-order valence-corrected chi connectivity index (χ3v) is 2.71. The quantitative estimate of drug-likeness (QED) is 0.742. The van der Waals surface area contributed by atoms with Crippen molar-refractivity contribution in [3.63, 3.8) is 0 Å². The molecule has 1 aromatic carbocycles. The summed E-state index contributed by atoms with van der Waals surface area (Å²) in [7, 11) is 0. The molecule has 0 aliphatic rings. The molecule has 0 unspecified atom stereocenters. The number of aliphatic hydroxyl groups excluding tert-OH is 1. The number of hydrogen-bond donors (Lipinski definition) is 3. The van der Waals surface area contributed by atoms with Gasteiger partial charge in [-0.2, -0.15) is 13.2 Å². The molecular weight excluding hydrogens is 313 g/mol. The standard InChI is InChI=1S/C12H12ClF3N2O3/c1-6(5-19)17-10(20)11(21)18-9-3-2-7(4-8(9)13)12(14,15)16/h2-4,6,19H,5H2,1H3,(H,17,20)(H,18,21)/t6-/m1/s1. The van der Waals surface area contributed by atoms with Crippen LogP contribution in [0.25, 0.3) is 0 Å². The minimum absolute atomic E-state index is 0.124. The Labute approximate surface area is 123 Å². The largest absolute Gasteiger partial charge is 0.416 e. The molecule has 1 aromatic rings. The van der Waals surface area contributed by atoms with E-state index >= 15 is 0 Å². The van der Waals surface area contributed by atoms with E-state index in [1.807, 2.05) is 0 Å². The third-order valence-electron chi connectivity index (χ3n) is 2.40. The molecule has 0 saturated heterocycles. The maximum atomic E-state index is 12.4. The van der Waals surface area contributed by atoms with Crippen molar-refractivity contribution in [3.05, 3.63) is 28.8 Å². The van der Waals surface area contributed by atoms with Gasteiger partial charge in [-0.05, 0) is 25.1 Å². The smallest absolute Gasteiger partial charge is 0.394 e. The summed E-state index contributed by atoms with van der Waals surface area (Å²) in [5, 5.41) is 12.7. The highest BCUT2D eigenvalue weighted by atomic mass is 35.5. The SMILES string of the molecule is C[C@H](CO)NC(=O)C(=O)Nc1ccc(C(F)(F)F)cc1Cl. The molecule has 21 heavy (non-hydrogen) atoms. The fourth-order valence-electron chi connectivity index (χ4n) is 1.31. The lowest BCUT2D eigenvalue weighted by Gasteiger charge is -2.12. The van der Waals surface area contributed by atoms with Gasteiger partial charge >= 0.3 is 18.0 Å². The van der Waals surface area contributed by atoms with Gasteiger partial charge in [-0.15, -0.1) is 0 Å². The van der Waals surface area contributed by atoms with Gasteiger partial charge in [-0.25, -0.2) is 0 Å². The van der Waals surface area contributed by atoms with E-state index < -0.39 is 29.6 Å². The summed E-state index contributed by atoms with van der Waals surface area (Å²) in [6.07, 6.45) is -4.56. The van der Waals surface area contributed by atoms with E-state index in [-0.39, 0.29) is 17.3 Å². The number of carbonyl (C=O) groups excluding carboxylic acids is 2. The number of aliphatic hydroxyl groups is 1. The Bertz CT molecular complexity index is 549. The molecule has 0 bridgehead atoms. The first kappa shape index (κ1) is 17.3. The molecule has 0 spiro atoms. The van der Waals surface area contributed by atoms with Gasteiger partial charge in [0.2, 0.25) is 0 Å². The summed E-state index contributed by atoms with van der Waals surface area (Å²) in [5.41, 5.74) is -1.09. The Hall–Kier alpha value is -1.80. The second-order valence-electron chi connectivity index (χ2n) is 4.20. The van der Waals surface area contributed by atoms with Crippen LogP contribution in [0.5, 0.6) is 0 Å². The van der Waals surface area contributed by atoms with Crippen LogP contribution in [0.4, 0.5) is 18.9 Å². The van der Waals surface area contributed by atoms with Crippen molar-refractivity contribution >= 4 is 29.1 Å². The Morgan fingerprint density at radius 2 is 1.95 bits per heavy atom. The van der Waals surface area contributed by atoms with Gasteiger partial charge in [0.15, 0.2) is 0 Å². The molecule has 0 radical (unpaired) electrons. The van der Waals surface area contributed by atoms with Gasteiger partial charge in [-0.1, -0.05) is 11.6 Å². The third kappa shape index (κ3) is 4.91.